The van der Waals surface area contributed by atoms with Crippen LogP contribution in [0.2, 0.25) is 0 Å². The molecule has 0 bridgehead atoms. The van der Waals surface area contributed by atoms with E-state index < -0.39 is 0 Å². The second-order valence-electron chi connectivity index (χ2n) is 8.26. The summed E-state index contributed by atoms with van der Waals surface area (Å²) in [7, 11) is 3.40. The third kappa shape index (κ3) is 6.72. The van der Waals surface area contributed by atoms with Gasteiger partial charge in [0, 0.05) is 36.8 Å². The molecular formula is C26H31N3O4. The molecule has 0 atom stereocenters. The van der Waals surface area contributed by atoms with Gasteiger partial charge in [0.1, 0.15) is 0 Å². The summed E-state index contributed by atoms with van der Waals surface area (Å²) in [6.07, 6.45) is 6.57. The highest BCUT2D eigenvalue weighted by molar-refractivity contribution is 5.95. The van der Waals surface area contributed by atoms with Gasteiger partial charge >= 0.3 is 0 Å². The van der Waals surface area contributed by atoms with E-state index in [9.17, 15) is 9.59 Å². The fourth-order valence-electron chi connectivity index (χ4n) is 4.03. The van der Waals surface area contributed by atoms with E-state index in [0.717, 1.165) is 12.8 Å². The molecule has 0 spiro atoms. The second kappa shape index (κ2) is 11.9. The van der Waals surface area contributed by atoms with E-state index in [1.54, 1.807) is 42.5 Å². The normalized spacial score (nSPS) is 13.6. The Bertz CT molecular complexity index is 992. The molecule has 1 N–H and O–H groups in total. The minimum atomic E-state index is -0.121. The standard InChI is InChI=1S/C26H31N3O4/c1-29(22-7-4-3-5-8-22)26(31)20-11-13-21(14-12-20)28-25(30)9-6-16-33-23-15-10-19(18-27)17-24(23)32-2/h10-15,17,22H,3-9,16H2,1-2H3,(H,28,30). The fraction of sp³-hybridized carbons (Fsp3) is 0.423. The number of nitriles is 1. The Hall–Kier alpha value is -3.53. The molecule has 1 fully saturated rings. The molecule has 2 aromatic rings. The van der Waals surface area contributed by atoms with Crippen molar-refractivity contribution in [3.8, 4) is 17.6 Å². The third-order valence-corrected chi connectivity index (χ3v) is 5.96. The van der Waals surface area contributed by atoms with Crippen LogP contribution in [-0.4, -0.2) is 43.5 Å². The van der Waals surface area contributed by atoms with Gasteiger partial charge in [-0.15, -0.1) is 0 Å². The number of nitrogens with zero attached hydrogens (tertiary/aromatic N) is 2. The van der Waals surface area contributed by atoms with Gasteiger partial charge in [-0.2, -0.15) is 5.26 Å². The van der Waals surface area contributed by atoms with E-state index in [-0.39, 0.29) is 11.8 Å². The number of anilines is 1. The molecule has 1 aliphatic carbocycles. The number of hydrogen-bond acceptors (Lipinski definition) is 5. The van der Waals surface area contributed by atoms with Gasteiger partial charge in [0.05, 0.1) is 25.3 Å². The van der Waals surface area contributed by atoms with Crippen LogP contribution in [-0.2, 0) is 4.79 Å². The molecule has 2 aromatic carbocycles. The maximum absolute atomic E-state index is 12.8. The Balaban J connectivity index is 1.43. The second-order valence-corrected chi connectivity index (χ2v) is 8.26. The highest BCUT2D eigenvalue weighted by atomic mass is 16.5. The minimum Gasteiger partial charge on any atom is -0.493 e. The van der Waals surface area contributed by atoms with Gasteiger partial charge in [-0.1, -0.05) is 19.3 Å². The van der Waals surface area contributed by atoms with Crippen LogP contribution in [0.5, 0.6) is 11.5 Å². The monoisotopic (exact) mass is 449 g/mol. The van der Waals surface area contributed by atoms with E-state index >= 15 is 0 Å². The van der Waals surface area contributed by atoms with Gasteiger partial charge in [0.25, 0.3) is 5.91 Å². The summed E-state index contributed by atoms with van der Waals surface area (Å²) in [5.41, 5.74) is 1.78. The topological polar surface area (TPSA) is 91.7 Å². The number of hydrogen-bond donors (Lipinski definition) is 1. The lowest BCUT2D eigenvalue weighted by molar-refractivity contribution is -0.116. The molecule has 174 valence electrons. The molecule has 7 nitrogen and oxygen atoms in total. The van der Waals surface area contributed by atoms with Crippen LogP contribution in [0.1, 0.15) is 60.9 Å². The minimum absolute atomic E-state index is 0.0233. The smallest absolute Gasteiger partial charge is 0.253 e. The first-order chi connectivity index (χ1) is 16.0. The summed E-state index contributed by atoms with van der Waals surface area (Å²) in [5, 5.41) is 11.8. The predicted molar refractivity (Wildman–Crippen MR) is 126 cm³/mol. The van der Waals surface area contributed by atoms with Crippen LogP contribution in [0.25, 0.3) is 0 Å². The maximum atomic E-state index is 12.8. The van der Waals surface area contributed by atoms with Gasteiger partial charge in [0.15, 0.2) is 11.5 Å². The SMILES string of the molecule is COc1cc(C#N)ccc1OCCCC(=O)Nc1ccc(C(=O)N(C)C2CCCCC2)cc1. The van der Waals surface area contributed by atoms with Crippen molar-refractivity contribution in [3.05, 3.63) is 53.6 Å². The van der Waals surface area contributed by atoms with Crippen LogP contribution in [0.4, 0.5) is 5.69 Å². The van der Waals surface area contributed by atoms with Crippen molar-refractivity contribution in [2.75, 3.05) is 26.1 Å². The maximum Gasteiger partial charge on any atom is 0.253 e. The average molecular weight is 450 g/mol. The third-order valence-electron chi connectivity index (χ3n) is 5.96. The number of benzene rings is 2. The summed E-state index contributed by atoms with van der Waals surface area (Å²) >= 11 is 0. The molecule has 0 radical (unpaired) electrons. The summed E-state index contributed by atoms with van der Waals surface area (Å²) in [5.74, 6) is 0.927. The van der Waals surface area contributed by atoms with Gasteiger partial charge in [-0.3, -0.25) is 9.59 Å². The molecule has 0 aromatic heterocycles. The Morgan fingerprint density at radius 2 is 1.82 bits per heavy atom. The molecule has 1 saturated carbocycles. The van der Waals surface area contributed by atoms with Crippen LogP contribution >= 0.6 is 0 Å². The first kappa shape index (κ1) is 24.1. The molecule has 0 saturated heterocycles. The molecular weight excluding hydrogens is 418 g/mol. The van der Waals surface area contributed by atoms with Crippen molar-refractivity contribution in [2.24, 2.45) is 0 Å². The fourth-order valence-corrected chi connectivity index (χ4v) is 4.03. The van der Waals surface area contributed by atoms with Crippen molar-refractivity contribution >= 4 is 17.5 Å². The number of ether oxygens (including phenoxy) is 2. The lowest BCUT2D eigenvalue weighted by Crippen LogP contribution is -2.38. The van der Waals surface area contributed by atoms with E-state index in [2.05, 4.69) is 11.4 Å². The van der Waals surface area contributed by atoms with Gasteiger partial charge < -0.3 is 19.7 Å². The number of rotatable bonds is 9. The van der Waals surface area contributed by atoms with E-state index in [4.69, 9.17) is 14.7 Å². The van der Waals surface area contributed by atoms with Crippen molar-refractivity contribution in [3.63, 3.8) is 0 Å². The van der Waals surface area contributed by atoms with E-state index in [1.165, 1.54) is 26.4 Å². The van der Waals surface area contributed by atoms with Gasteiger partial charge in [0.2, 0.25) is 5.91 Å². The highest BCUT2D eigenvalue weighted by Crippen LogP contribution is 2.28. The lowest BCUT2D eigenvalue weighted by Gasteiger charge is -2.31. The zero-order valence-electron chi connectivity index (χ0n) is 19.3. The quantitative estimate of drug-likeness (QED) is 0.557. The predicted octanol–water partition coefficient (Wildman–Crippen LogP) is 4.77. The highest BCUT2D eigenvalue weighted by Gasteiger charge is 2.22. The number of carbonyl (C=O) groups excluding carboxylic acids is 2. The zero-order chi connectivity index (χ0) is 23.6. The van der Waals surface area contributed by atoms with E-state index in [1.807, 2.05) is 11.9 Å². The first-order valence-electron chi connectivity index (χ1n) is 11.4. The molecule has 1 aliphatic rings. The summed E-state index contributed by atoms with van der Waals surface area (Å²) in [6.45, 7) is 0.344. The Kier molecular flexibility index (Phi) is 8.71. The van der Waals surface area contributed by atoms with Crippen molar-refractivity contribution < 1.29 is 19.1 Å². The number of methoxy groups -OCH3 is 1. The van der Waals surface area contributed by atoms with Gasteiger partial charge in [-0.05, 0) is 55.7 Å². The molecule has 3 rings (SSSR count). The molecule has 0 heterocycles. The Morgan fingerprint density at radius 3 is 2.48 bits per heavy atom. The molecule has 0 aliphatic heterocycles. The van der Waals surface area contributed by atoms with Crippen LogP contribution < -0.4 is 14.8 Å². The Morgan fingerprint density at radius 1 is 1.09 bits per heavy atom. The van der Waals surface area contributed by atoms with Crippen molar-refractivity contribution in [2.45, 2.75) is 51.0 Å². The van der Waals surface area contributed by atoms with Crippen LogP contribution in [0.3, 0.4) is 0 Å². The number of nitrogens with one attached hydrogen (secondary N) is 1. The average Bonchev–Trinajstić information content (AvgIpc) is 2.86. The zero-order valence-corrected chi connectivity index (χ0v) is 19.3. The van der Waals surface area contributed by atoms with Crippen molar-refractivity contribution in [1.82, 2.24) is 4.90 Å². The summed E-state index contributed by atoms with van der Waals surface area (Å²) < 4.78 is 10.9. The lowest BCUT2D eigenvalue weighted by atomic mass is 9.94. The molecule has 33 heavy (non-hydrogen) atoms. The largest absolute Gasteiger partial charge is 0.493 e. The molecule has 0 unspecified atom stereocenters. The summed E-state index contributed by atoms with van der Waals surface area (Å²) in [6, 6.07) is 14.4. The molecule has 7 heteroatoms. The van der Waals surface area contributed by atoms with Gasteiger partial charge in [-0.25, -0.2) is 0 Å². The number of carbonyl (C=O) groups is 2. The van der Waals surface area contributed by atoms with Crippen LogP contribution in [0.15, 0.2) is 42.5 Å². The van der Waals surface area contributed by atoms with Crippen LogP contribution in [0, 0.1) is 11.3 Å². The first-order valence-corrected chi connectivity index (χ1v) is 11.4. The molecule has 2 amide bonds. The van der Waals surface area contributed by atoms with E-state index in [0.29, 0.717) is 53.8 Å². The summed E-state index contributed by atoms with van der Waals surface area (Å²) in [4.78, 5) is 26.9. The van der Waals surface area contributed by atoms with Crippen molar-refractivity contribution in [1.29, 1.82) is 5.26 Å². The number of amides is 2. The Labute approximate surface area is 195 Å².